The first-order valence-electron chi connectivity index (χ1n) is 7.30. The molecule has 1 aliphatic rings. The molecule has 0 spiro atoms. The van der Waals surface area contributed by atoms with Crippen molar-refractivity contribution in [3.05, 3.63) is 12.7 Å². The molecule has 0 atom stereocenters. The van der Waals surface area contributed by atoms with Crippen LogP contribution in [0.2, 0.25) is 0 Å². The monoisotopic (exact) mass is 289 g/mol. The van der Waals surface area contributed by atoms with Gasteiger partial charge in [0.2, 0.25) is 0 Å². The molecule has 1 saturated carbocycles. The minimum absolute atomic E-state index is 0.107. The molecule has 21 heavy (non-hydrogen) atoms. The number of ether oxygens (including phenoxy) is 1. The molecule has 3 rings (SSSR count). The third-order valence-electron chi connectivity index (χ3n) is 4.09. The highest BCUT2D eigenvalue weighted by Gasteiger charge is 2.42. The standard InChI is InChI=1S/C14H19N5O2/c1-2-21-13(20)14(5-3-4-6-14)7-15-11-10-12(17-8-16-10)19-9-18-11/h8-9H,2-7H2,1H3,(H2,15,16,17,18,19). The van der Waals surface area contributed by atoms with Gasteiger partial charge < -0.3 is 15.0 Å². The number of hydrogen-bond donors (Lipinski definition) is 2. The van der Waals surface area contributed by atoms with Crippen LogP contribution in [0.4, 0.5) is 5.82 Å². The molecule has 1 fully saturated rings. The first-order valence-corrected chi connectivity index (χ1v) is 7.30. The molecule has 7 nitrogen and oxygen atoms in total. The van der Waals surface area contributed by atoms with E-state index in [1.807, 2.05) is 6.92 Å². The van der Waals surface area contributed by atoms with E-state index < -0.39 is 5.41 Å². The third kappa shape index (κ3) is 2.55. The summed E-state index contributed by atoms with van der Waals surface area (Å²) in [5.74, 6) is 0.568. The van der Waals surface area contributed by atoms with Gasteiger partial charge >= 0.3 is 5.97 Å². The fraction of sp³-hybridized carbons (Fsp3) is 0.571. The van der Waals surface area contributed by atoms with E-state index in [4.69, 9.17) is 4.74 Å². The van der Waals surface area contributed by atoms with E-state index >= 15 is 0 Å². The van der Waals surface area contributed by atoms with Crippen LogP contribution in [-0.2, 0) is 9.53 Å². The fourth-order valence-electron chi connectivity index (χ4n) is 2.94. The van der Waals surface area contributed by atoms with Crippen LogP contribution in [0.3, 0.4) is 0 Å². The number of esters is 1. The molecule has 0 aromatic carbocycles. The molecule has 2 N–H and O–H groups in total. The van der Waals surface area contributed by atoms with Crippen molar-refractivity contribution in [1.82, 2.24) is 19.9 Å². The van der Waals surface area contributed by atoms with Crippen LogP contribution < -0.4 is 5.32 Å². The number of H-pyrrole nitrogens is 1. The van der Waals surface area contributed by atoms with Gasteiger partial charge in [-0.15, -0.1) is 0 Å². The second-order valence-electron chi connectivity index (χ2n) is 5.38. The highest BCUT2D eigenvalue weighted by Crippen LogP contribution is 2.39. The summed E-state index contributed by atoms with van der Waals surface area (Å²) in [7, 11) is 0. The topological polar surface area (TPSA) is 92.8 Å². The van der Waals surface area contributed by atoms with Gasteiger partial charge in [0.25, 0.3) is 0 Å². The van der Waals surface area contributed by atoms with E-state index in [2.05, 4.69) is 25.3 Å². The minimum Gasteiger partial charge on any atom is -0.466 e. The molecule has 0 bridgehead atoms. The Kier molecular flexibility index (Phi) is 3.72. The van der Waals surface area contributed by atoms with Crippen LogP contribution in [-0.4, -0.2) is 39.1 Å². The van der Waals surface area contributed by atoms with Crippen molar-refractivity contribution in [2.24, 2.45) is 5.41 Å². The van der Waals surface area contributed by atoms with Gasteiger partial charge in [-0.25, -0.2) is 15.0 Å². The second-order valence-corrected chi connectivity index (χ2v) is 5.38. The number of anilines is 1. The lowest BCUT2D eigenvalue weighted by Gasteiger charge is -2.26. The van der Waals surface area contributed by atoms with E-state index in [-0.39, 0.29) is 5.97 Å². The van der Waals surface area contributed by atoms with Gasteiger partial charge in [0.1, 0.15) is 11.8 Å². The van der Waals surface area contributed by atoms with Crippen LogP contribution in [0.25, 0.3) is 11.2 Å². The van der Waals surface area contributed by atoms with Crippen molar-refractivity contribution < 1.29 is 9.53 Å². The Labute approximate surface area is 122 Å². The summed E-state index contributed by atoms with van der Waals surface area (Å²) >= 11 is 0. The maximum absolute atomic E-state index is 12.3. The summed E-state index contributed by atoms with van der Waals surface area (Å²) in [5, 5.41) is 3.27. The molecule has 0 unspecified atom stereocenters. The number of hydrogen-bond acceptors (Lipinski definition) is 6. The number of nitrogens with zero attached hydrogens (tertiary/aromatic N) is 3. The Morgan fingerprint density at radius 1 is 1.38 bits per heavy atom. The van der Waals surface area contributed by atoms with Gasteiger partial charge in [-0.05, 0) is 19.8 Å². The molecule has 0 radical (unpaired) electrons. The Hall–Kier alpha value is -2.18. The average Bonchev–Trinajstić information content (AvgIpc) is 3.15. The molecular formula is C14H19N5O2. The number of aromatic nitrogens is 4. The van der Waals surface area contributed by atoms with Crippen LogP contribution >= 0.6 is 0 Å². The number of nitrogens with one attached hydrogen (secondary N) is 2. The first-order chi connectivity index (χ1) is 10.2. The molecule has 2 heterocycles. The summed E-state index contributed by atoms with van der Waals surface area (Å²) in [6.07, 6.45) is 6.89. The van der Waals surface area contributed by atoms with Crippen LogP contribution in [0.15, 0.2) is 12.7 Å². The molecule has 0 saturated heterocycles. The SMILES string of the molecule is CCOC(=O)C1(CNc2ncnc3nc[nH]c23)CCCC1. The number of aromatic amines is 1. The van der Waals surface area contributed by atoms with Crippen molar-refractivity contribution in [3.63, 3.8) is 0 Å². The normalized spacial score (nSPS) is 17.0. The summed E-state index contributed by atoms with van der Waals surface area (Å²) in [5.41, 5.74) is 0.937. The van der Waals surface area contributed by atoms with E-state index in [1.54, 1.807) is 6.33 Å². The molecular weight excluding hydrogens is 270 g/mol. The molecule has 2 aromatic rings. The van der Waals surface area contributed by atoms with Gasteiger partial charge in [-0.1, -0.05) is 12.8 Å². The van der Waals surface area contributed by atoms with Gasteiger partial charge in [0.15, 0.2) is 11.5 Å². The van der Waals surface area contributed by atoms with E-state index in [0.717, 1.165) is 31.2 Å². The lowest BCUT2D eigenvalue weighted by molar-refractivity contribution is -0.154. The first kappa shape index (κ1) is 13.8. The van der Waals surface area contributed by atoms with Gasteiger partial charge in [-0.2, -0.15) is 0 Å². The smallest absolute Gasteiger partial charge is 0.313 e. The lowest BCUT2D eigenvalue weighted by Crippen LogP contribution is -2.37. The van der Waals surface area contributed by atoms with Crippen molar-refractivity contribution >= 4 is 23.0 Å². The zero-order valence-electron chi connectivity index (χ0n) is 12.1. The van der Waals surface area contributed by atoms with Crippen LogP contribution in [0.1, 0.15) is 32.6 Å². The number of imidazole rings is 1. The minimum atomic E-state index is -0.437. The number of carbonyl (C=O) groups excluding carboxylic acids is 1. The van der Waals surface area contributed by atoms with Crippen molar-refractivity contribution in [2.45, 2.75) is 32.6 Å². The third-order valence-corrected chi connectivity index (χ3v) is 4.09. The Bertz CT molecular complexity index is 633. The predicted octanol–water partition coefficient (Wildman–Crippen LogP) is 1.89. The van der Waals surface area contributed by atoms with E-state index in [1.165, 1.54) is 6.33 Å². The van der Waals surface area contributed by atoms with Crippen LogP contribution in [0, 0.1) is 5.41 Å². The largest absolute Gasteiger partial charge is 0.466 e. The maximum Gasteiger partial charge on any atom is 0.313 e. The summed E-state index contributed by atoms with van der Waals surface area (Å²) < 4.78 is 5.26. The number of rotatable bonds is 5. The number of fused-ring (bicyclic) bond motifs is 1. The Morgan fingerprint density at radius 3 is 2.95 bits per heavy atom. The van der Waals surface area contributed by atoms with Crippen LogP contribution in [0.5, 0.6) is 0 Å². The zero-order valence-corrected chi connectivity index (χ0v) is 12.1. The average molecular weight is 289 g/mol. The molecule has 0 aliphatic heterocycles. The zero-order chi connectivity index (χ0) is 14.7. The van der Waals surface area contributed by atoms with Gasteiger partial charge in [0.05, 0.1) is 18.3 Å². The Morgan fingerprint density at radius 2 is 2.19 bits per heavy atom. The summed E-state index contributed by atoms with van der Waals surface area (Å²) in [6.45, 7) is 2.78. The molecule has 0 amide bonds. The lowest BCUT2D eigenvalue weighted by atomic mass is 9.86. The van der Waals surface area contributed by atoms with Crippen molar-refractivity contribution in [3.8, 4) is 0 Å². The van der Waals surface area contributed by atoms with Crippen molar-refractivity contribution in [2.75, 3.05) is 18.5 Å². The second kappa shape index (κ2) is 5.67. The summed E-state index contributed by atoms with van der Waals surface area (Å²) in [4.78, 5) is 27.7. The molecule has 2 aromatic heterocycles. The maximum atomic E-state index is 12.3. The highest BCUT2D eigenvalue weighted by atomic mass is 16.5. The number of carbonyl (C=O) groups is 1. The van der Waals surface area contributed by atoms with E-state index in [9.17, 15) is 4.79 Å². The van der Waals surface area contributed by atoms with Gasteiger partial charge in [-0.3, -0.25) is 4.79 Å². The van der Waals surface area contributed by atoms with E-state index in [0.29, 0.717) is 24.6 Å². The molecule has 1 aliphatic carbocycles. The fourth-order valence-corrected chi connectivity index (χ4v) is 2.94. The predicted molar refractivity (Wildman–Crippen MR) is 77.7 cm³/mol. The molecule has 112 valence electrons. The van der Waals surface area contributed by atoms with Crippen molar-refractivity contribution in [1.29, 1.82) is 0 Å². The quantitative estimate of drug-likeness (QED) is 0.816. The Balaban J connectivity index is 1.78. The van der Waals surface area contributed by atoms with Gasteiger partial charge in [0, 0.05) is 6.54 Å². The molecule has 7 heteroatoms. The summed E-state index contributed by atoms with van der Waals surface area (Å²) in [6, 6.07) is 0. The highest BCUT2D eigenvalue weighted by molar-refractivity contribution is 5.83.